The Kier molecular flexibility index (Phi) is 18.8. The van der Waals surface area contributed by atoms with E-state index >= 15 is 0 Å². The first-order chi connectivity index (χ1) is 39.3. The maximum absolute atomic E-state index is 12.6. The minimum absolute atomic E-state index is 0.130. The quantitative estimate of drug-likeness (QED) is 0.0477. The molecule has 0 aromatic heterocycles. The molecule has 33 atom stereocenters. The molecule has 5 aliphatic heterocycles. The maximum atomic E-state index is 12.6. The summed E-state index contributed by atoms with van der Waals surface area (Å²) in [6.45, 7) is 14.2. The van der Waals surface area contributed by atoms with E-state index < -0.39 is 184 Å². The van der Waals surface area contributed by atoms with Crippen molar-refractivity contribution in [3.05, 3.63) is 11.6 Å². The zero-order valence-electron chi connectivity index (χ0n) is 48.7. The van der Waals surface area contributed by atoms with Crippen molar-refractivity contribution in [3.8, 4) is 0 Å². The van der Waals surface area contributed by atoms with Crippen LogP contribution in [0, 0.1) is 50.2 Å². The van der Waals surface area contributed by atoms with E-state index in [9.17, 15) is 86.8 Å². The first-order valence-electron chi connectivity index (χ1n) is 29.9. The number of fused-ring (bicyclic) bond motifs is 7. The van der Waals surface area contributed by atoms with E-state index in [0.717, 1.165) is 38.5 Å². The number of aliphatic hydroxyl groups is 17. The summed E-state index contributed by atoms with van der Waals surface area (Å²) in [5, 5.41) is 182. The Hall–Kier alpha value is -1.34. The summed E-state index contributed by atoms with van der Waals surface area (Å²) in [4.78, 5) is 0. The van der Waals surface area contributed by atoms with Crippen LogP contribution in [0.3, 0.4) is 0 Å². The van der Waals surface area contributed by atoms with E-state index in [0.29, 0.717) is 25.7 Å². The Bertz CT molecular complexity index is 2300. The summed E-state index contributed by atoms with van der Waals surface area (Å²) in [6, 6.07) is 0. The minimum Gasteiger partial charge on any atom is -0.394 e. The third-order valence-electron chi connectivity index (χ3n) is 22.7. The van der Waals surface area contributed by atoms with Crippen molar-refractivity contribution in [2.45, 2.75) is 273 Å². The monoisotopic (exact) mass is 1210 g/mol. The van der Waals surface area contributed by atoms with E-state index in [1.54, 1.807) is 0 Å². The van der Waals surface area contributed by atoms with Crippen molar-refractivity contribution >= 4 is 0 Å². The van der Waals surface area contributed by atoms with E-state index in [2.05, 4.69) is 54.5 Å². The van der Waals surface area contributed by atoms with Gasteiger partial charge in [0.2, 0.25) is 0 Å². The smallest absolute Gasteiger partial charge is 0.189 e. The van der Waals surface area contributed by atoms with Crippen LogP contribution in [0.15, 0.2) is 11.6 Å². The van der Waals surface area contributed by atoms with Gasteiger partial charge in [-0.3, -0.25) is 0 Å². The molecule has 10 aliphatic rings. The maximum Gasteiger partial charge on any atom is 0.189 e. The predicted molar refractivity (Wildman–Crippen MR) is 281 cm³/mol. The Balaban J connectivity index is 0.824. The summed E-state index contributed by atoms with van der Waals surface area (Å²) in [5.41, 5.74) is -0.934. The topological polar surface area (TPSA) is 436 Å². The van der Waals surface area contributed by atoms with Gasteiger partial charge in [-0.15, -0.1) is 0 Å². The molecule has 0 aromatic carbocycles. The van der Waals surface area contributed by atoms with Crippen molar-refractivity contribution in [2.75, 3.05) is 19.8 Å². The molecule has 5 heterocycles. The van der Waals surface area contributed by atoms with Crippen molar-refractivity contribution in [1.82, 2.24) is 0 Å². The number of rotatable bonds is 13. The van der Waals surface area contributed by atoms with E-state index in [4.69, 9.17) is 47.4 Å². The molecule has 9 fully saturated rings. The number of aliphatic hydroxyl groups excluding tert-OH is 17. The van der Waals surface area contributed by atoms with Crippen LogP contribution in [0.5, 0.6) is 0 Å². The van der Waals surface area contributed by atoms with Crippen LogP contribution < -0.4 is 0 Å². The van der Waals surface area contributed by atoms with Gasteiger partial charge in [0.15, 0.2) is 50.3 Å². The number of allylic oxidation sites excluding steroid dienone is 2. The molecule has 0 radical (unpaired) electrons. The summed E-state index contributed by atoms with van der Waals surface area (Å²) in [7, 11) is 0. The highest BCUT2D eigenvalue weighted by atomic mass is 16.8. The van der Waals surface area contributed by atoms with Crippen molar-refractivity contribution in [3.63, 3.8) is 0 Å². The van der Waals surface area contributed by atoms with Gasteiger partial charge in [0.1, 0.15) is 104 Å². The van der Waals surface area contributed by atoms with Crippen LogP contribution in [0.25, 0.3) is 0 Å². The largest absolute Gasteiger partial charge is 0.394 e. The van der Waals surface area contributed by atoms with Crippen molar-refractivity contribution in [2.24, 2.45) is 50.2 Å². The molecule has 0 spiro atoms. The second-order valence-electron chi connectivity index (χ2n) is 28.2. The van der Waals surface area contributed by atoms with Crippen LogP contribution in [0.1, 0.15) is 113 Å². The van der Waals surface area contributed by atoms with Gasteiger partial charge < -0.3 is 134 Å². The number of hydrogen-bond acceptors (Lipinski definition) is 27. The van der Waals surface area contributed by atoms with Gasteiger partial charge in [0.05, 0.1) is 25.9 Å². The molecule has 4 saturated carbocycles. The Labute approximate surface area is 487 Å². The summed E-state index contributed by atoms with van der Waals surface area (Å²) < 4.78 is 58.4. The van der Waals surface area contributed by atoms with Crippen LogP contribution in [0.4, 0.5) is 0 Å². The highest BCUT2D eigenvalue weighted by Crippen LogP contribution is 2.76. The number of ether oxygens (including phenoxy) is 10. The first kappa shape index (κ1) is 65.6. The molecular weight excluding hydrogens is 1120 g/mol. The van der Waals surface area contributed by atoms with Gasteiger partial charge >= 0.3 is 0 Å². The third kappa shape index (κ3) is 11.0. The molecule has 0 amide bonds. The molecule has 5 aliphatic carbocycles. The molecule has 484 valence electrons. The van der Waals surface area contributed by atoms with Gasteiger partial charge in [-0.25, -0.2) is 0 Å². The highest BCUT2D eigenvalue weighted by molar-refractivity contribution is 5.34. The first-order valence-corrected chi connectivity index (χ1v) is 29.9. The summed E-state index contributed by atoms with van der Waals surface area (Å²) >= 11 is 0. The standard InChI is InChI=1S/C57H94O27/c1-52(2)14-16-57(51(74)84-47-38(68)32(62)31(61)26(78-47)21-76-46-41(71)35(65)42(25(19-58)77-46)80-48-39(69)33(63)36(66)44(72)82-48)17-15-55(6)22(23(57)18-52)8-9-28-54(5)12-11-29(53(3,4)27(54)10-13-56(28,55)7)79-50-43(30(60)24(59)20-75-50)81-49-40(70)34(64)37(67)45(73)83-49/h8,23-51,58-74H,9-21H2,1-7H3/t23?,24-,25+,26+,27?,28?,29+,30+,31+,32-,33+,34+,35+,36+,37+,38+,39+,40+,41+,42+,43-,44+,45+,46+,47-,48+,49+,50+,51?,54+,55-,56-,57+/m1/s1. The van der Waals surface area contributed by atoms with Gasteiger partial charge in [0, 0.05) is 5.41 Å². The lowest BCUT2D eigenvalue weighted by Gasteiger charge is -2.72. The van der Waals surface area contributed by atoms with E-state index in [1.165, 1.54) is 5.57 Å². The molecule has 27 nitrogen and oxygen atoms in total. The van der Waals surface area contributed by atoms with Crippen molar-refractivity contribution < 1.29 is 134 Å². The predicted octanol–water partition coefficient (Wildman–Crippen LogP) is -3.87. The van der Waals surface area contributed by atoms with Gasteiger partial charge in [0.25, 0.3) is 0 Å². The van der Waals surface area contributed by atoms with Gasteiger partial charge in [-0.2, -0.15) is 0 Å². The fourth-order valence-corrected chi connectivity index (χ4v) is 17.3. The summed E-state index contributed by atoms with van der Waals surface area (Å²) in [6.07, 6.45) is -34.0. The number of hydrogen-bond donors (Lipinski definition) is 17. The Morgan fingerprint density at radius 2 is 1.11 bits per heavy atom. The Morgan fingerprint density at radius 3 is 1.74 bits per heavy atom. The summed E-state index contributed by atoms with van der Waals surface area (Å²) in [5.74, 6) is 0.185. The molecule has 4 unspecified atom stereocenters. The second-order valence-corrected chi connectivity index (χ2v) is 28.2. The molecule has 0 aromatic rings. The van der Waals surface area contributed by atoms with Gasteiger partial charge in [-0.05, 0) is 109 Å². The van der Waals surface area contributed by atoms with Crippen molar-refractivity contribution in [1.29, 1.82) is 0 Å². The average molecular weight is 1210 g/mol. The minimum atomic E-state index is -1.99. The van der Waals surface area contributed by atoms with Crippen LogP contribution in [-0.4, -0.2) is 267 Å². The lowest BCUT2D eigenvalue weighted by atomic mass is 9.33. The molecule has 27 heteroatoms. The van der Waals surface area contributed by atoms with Gasteiger partial charge in [-0.1, -0.05) is 60.1 Å². The molecule has 10 rings (SSSR count). The second kappa shape index (κ2) is 24.0. The zero-order chi connectivity index (χ0) is 61.3. The lowest BCUT2D eigenvalue weighted by Crippen LogP contribution is -2.66. The molecular formula is C57H94O27. The average Bonchev–Trinajstić information content (AvgIpc) is 0.821. The highest BCUT2D eigenvalue weighted by Gasteiger charge is 2.70. The molecule has 17 N–H and O–H groups in total. The van der Waals surface area contributed by atoms with Crippen LogP contribution >= 0.6 is 0 Å². The Morgan fingerprint density at radius 1 is 0.536 bits per heavy atom. The van der Waals surface area contributed by atoms with Crippen LogP contribution in [0.2, 0.25) is 0 Å². The third-order valence-corrected chi connectivity index (χ3v) is 22.7. The SMILES string of the molecule is CC1(C)CC[C@]2(C(O)O[C@H]3O[C@@H](CO[C@H]4O[C@@H](CO)[C@H](O[C@H]5O[C@H](O)[C@@H](O)[C@H](O)[C@@H]5O)[C@@H](O)[C@@H]4O)[C@H](O)[C@@H](O)[C@@H]3O)CC[C@]3(C)C(=CCC4[C@@]5(C)CC[C@H](O[C@@H]6OC[C@@H](O)[C@H](O)[C@H]6O[C@H]6O[C@H](O)[C@@H](O)[C@H](O)[C@@H]6O)C(C)(C)C5CC[C@]43C)C2C1. The lowest BCUT2D eigenvalue weighted by molar-refractivity contribution is -0.384. The fourth-order valence-electron chi connectivity index (χ4n) is 17.3. The fraction of sp³-hybridized carbons (Fsp3) is 0.965. The van der Waals surface area contributed by atoms with E-state index in [1.807, 2.05) is 0 Å². The van der Waals surface area contributed by atoms with Crippen LogP contribution in [-0.2, 0) is 47.4 Å². The zero-order valence-corrected chi connectivity index (χ0v) is 48.7. The normalized spacial score (nSPS) is 55.1. The molecule has 0 bridgehead atoms. The molecule has 5 saturated heterocycles. The molecule has 84 heavy (non-hydrogen) atoms. The van der Waals surface area contributed by atoms with E-state index in [-0.39, 0.29) is 46.0 Å².